The van der Waals surface area contributed by atoms with Crippen LogP contribution in [0.25, 0.3) is 0 Å². The number of carbonyl (C=O) groups excluding carboxylic acids is 2. The Hall–Kier alpha value is -1.30. The molecule has 0 aromatic carbocycles. The first kappa shape index (κ1) is 61.6. The summed E-state index contributed by atoms with van der Waals surface area (Å²) in [5, 5.41) is 0. The maximum absolute atomic E-state index is 13.4. The molecule has 1 heterocycles. The van der Waals surface area contributed by atoms with Crippen molar-refractivity contribution in [3.63, 3.8) is 0 Å². The molecule has 8 atom stereocenters. The van der Waals surface area contributed by atoms with Crippen molar-refractivity contribution in [1.82, 2.24) is 4.90 Å². The Labute approximate surface area is 442 Å². The van der Waals surface area contributed by atoms with Gasteiger partial charge in [-0.1, -0.05) is 156 Å². The lowest BCUT2D eigenvalue weighted by Gasteiger charge is -2.42. The molecule has 4 aliphatic carbocycles. The van der Waals surface area contributed by atoms with Crippen molar-refractivity contribution in [2.24, 2.45) is 52.8 Å². The number of ether oxygens (including phenoxy) is 7. The average Bonchev–Trinajstić information content (AvgIpc) is 4.20. The summed E-state index contributed by atoms with van der Waals surface area (Å²) < 4.78 is 43.2. The number of piperidine rings is 1. The largest absolute Gasteiger partial charge is 0.466 e. The van der Waals surface area contributed by atoms with Crippen LogP contribution in [-0.2, 0) is 42.7 Å². The van der Waals surface area contributed by atoms with Crippen molar-refractivity contribution in [3.8, 4) is 0 Å². The summed E-state index contributed by atoms with van der Waals surface area (Å²) in [6.07, 6.45) is 38.1. The summed E-state index contributed by atoms with van der Waals surface area (Å²) >= 11 is 0. The molecule has 10 nitrogen and oxygen atoms in total. The molecule has 72 heavy (non-hydrogen) atoms. The second-order valence-corrected chi connectivity index (χ2v) is 24.2. The quantitative estimate of drug-likeness (QED) is 0.0333. The minimum atomic E-state index is -0.353. The second kappa shape index (κ2) is 36.7. The summed E-state index contributed by atoms with van der Waals surface area (Å²) in [6, 6.07) is 0. The fraction of sp³-hybridized carbons (Fsp3) is 0.968. The highest BCUT2D eigenvalue weighted by molar-refractivity contribution is 5.69. The molecular weight excluding hydrogens is 903 g/mol. The van der Waals surface area contributed by atoms with Gasteiger partial charge in [-0.25, -0.2) is 0 Å². The second-order valence-electron chi connectivity index (χ2n) is 24.2. The van der Waals surface area contributed by atoms with Gasteiger partial charge in [-0.2, -0.15) is 0 Å². The van der Waals surface area contributed by atoms with Gasteiger partial charge in [0.15, 0.2) is 12.6 Å². The van der Waals surface area contributed by atoms with Crippen LogP contribution in [0.3, 0.4) is 0 Å². The first-order valence-electron chi connectivity index (χ1n) is 31.3. The van der Waals surface area contributed by atoms with Crippen molar-refractivity contribution in [3.05, 3.63) is 0 Å². The molecule has 1 aliphatic heterocycles. The Morgan fingerprint density at radius 2 is 0.819 bits per heavy atom. The molecule has 0 radical (unpaired) electrons. The summed E-state index contributed by atoms with van der Waals surface area (Å²) in [6.45, 7) is 16.7. The zero-order valence-electron chi connectivity index (χ0n) is 47.5. The normalized spacial score (nSPS) is 26.1. The molecule has 0 bridgehead atoms. The van der Waals surface area contributed by atoms with E-state index in [1.54, 1.807) is 7.11 Å². The standard InChI is InChI=1S/C62H113NO9/c1-6-10-14-18-24-50-42-54(50)46-69-60(70-47-55-43-51(55)25-19-15-11-7-2)30-28-58(64)67-40-34-62(32-37-63(38-33-62)36-22-23-39-66-5)35-41-68-59(65)29-31-61(71-48-56-44-52(56)26-20-16-12-8-3)72-49-57-45-53(57)27-21-17-13-9-4/h50-57,60-61H,6-49H2,1-5H3. The van der Waals surface area contributed by atoms with Crippen LogP contribution in [0.1, 0.15) is 246 Å². The molecule has 0 aromatic rings. The Morgan fingerprint density at radius 3 is 1.15 bits per heavy atom. The highest BCUT2D eigenvalue weighted by Crippen LogP contribution is 2.46. The number of esters is 2. The van der Waals surface area contributed by atoms with Crippen molar-refractivity contribution in [2.45, 2.75) is 259 Å². The van der Waals surface area contributed by atoms with E-state index in [0.29, 0.717) is 62.6 Å². The highest BCUT2D eigenvalue weighted by Gasteiger charge is 2.41. The van der Waals surface area contributed by atoms with E-state index in [2.05, 4.69) is 32.6 Å². The van der Waals surface area contributed by atoms with E-state index in [-0.39, 0.29) is 29.9 Å². The lowest BCUT2D eigenvalue weighted by molar-refractivity contribution is -0.163. The van der Waals surface area contributed by atoms with Crippen LogP contribution < -0.4 is 0 Å². The molecule has 0 N–H and O–H groups in total. The van der Waals surface area contributed by atoms with E-state index in [1.807, 2.05) is 0 Å². The molecule has 420 valence electrons. The maximum atomic E-state index is 13.4. The van der Waals surface area contributed by atoms with Gasteiger partial charge in [-0.05, 0) is 137 Å². The van der Waals surface area contributed by atoms with Gasteiger partial charge >= 0.3 is 11.9 Å². The summed E-state index contributed by atoms with van der Waals surface area (Å²) in [4.78, 5) is 29.3. The number of rotatable bonds is 49. The van der Waals surface area contributed by atoms with Crippen molar-refractivity contribution in [2.75, 3.05) is 73.0 Å². The van der Waals surface area contributed by atoms with Gasteiger partial charge in [0.25, 0.3) is 0 Å². The lowest BCUT2D eigenvalue weighted by Crippen LogP contribution is -2.42. The summed E-state index contributed by atoms with van der Waals surface area (Å²) in [7, 11) is 1.77. The number of hydrogen-bond donors (Lipinski definition) is 0. The van der Waals surface area contributed by atoms with Crippen LogP contribution in [-0.4, -0.2) is 102 Å². The molecule has 1 saturated heterocycles. The Balaban J connectivity index is 1.05. The van der Waals surface area contributed by atoms with E-state index in [4.69, 9.17) is 33.2 Å². The molecule has 5 fully saturated rings. The predicted molar refractivity (Wildman–Crippen MR) is 292 cm³/mol. The molecule has 10 heteroatoms. The van der Waals surface area contributed by atoms with Crippen LogP contribution in [0.2, 0.25) is 0 Å². The molecule has 0 amide bonds. The molecule has 5 rings (SSSR count). The van der Waals surface area contributed by atoms with Crippen LogP contribution in [0, 0.1) is 52.8 Å². The van der Waals surface area contributed by atoms with Crippen LogP contribution >= 0.6 is 0 Å². The predicted octanol–water partition coefficient (Wildman–Crippen LogP) is 15.1. The van der Waals surface area contributed by atoms with E-state index in [9.17, 15) is 9.59 Å². The monoisotopic (exact) mass is 1020 g/mol. The minimum absolute atomic E-state index is 0.0452. The van der Waals surface area contributed by atoms with E-state index >= 15 is 0 Å². The van der Waals surface area contributed by atoms with E-state index in [0.717, 1.165) is 115 Å². The first-order chi connectivity index (χ1) is 35.3. The van der Waals surface area contributed by atoms with Crippen molar-refractivity contribution < 1.29 is 42.7 Å². The smallest absolute Gasteiger partial charge is 0.305 e. The zero-order chi connectivity index (χ0) is 51.1. The van der Waals surface area contributed by atoms with Crippen LogP contribution in [0.15, 0.2) is 0 Å². The Morgan fingerprint density at radius 1 is 0.458 bits per heavy atom. The van der Waals surface area contributed by atoms with Gasteiger partial charge in [-0.15, -0.1) is 0 Å². The number of hydrogen-bond acceptors (Lipinski definition) is 10. The SMILES string of the molecule is CCCCCCC1CC1COC(CCC(=O)OCCC1(CCOC(=O)CCC(OCC2CC2CCCCCC)OCC2CC2CCCCCC)CCN(CCCCOC)CC1)OCC1CC1CCCCCC. The van der Waals surface area contributed by atoms with Crippen molar-refractivity contribution in [1.29, 1.82) is 0 Å². The Kier molecular flexibility index (Phi) is 31.4. The molecule has 5 aliphatic rings. The maximum Gasteiger partial charge on any atom is 0.305 e. The van der Waals surface area contributed by atoms with Gasteiger partial charge < -0.3 is 38.1 Å². The highest BCUT2D eigenvalue weighted by atomic mass is 16.7. The molecule has 0 spiro atoms. The van der Waals surface area contributed by atoms with Gasteiger partial charge in [0.2, 0.25) is 0 Å². The third kappa shape index (κ3) is 26.6. The number of unbranched alkanes of at least 4 members (excludes halogenated alkanes) is 13. The summed E-state index contributed by atoms with van der Waals surface area (Å²) in [5.74, 6) is 5.35. The van der Waals surface area contributed by atoms with Crippen molar-refractivity contribution >= 4 is 11.9 Å². The molecule has 0 aromatic heterocycles. The fourth-order valence-electron chi connectivity index (χ4n) is 12.0. The summed E-state index contributed by atoms with van der Waals surface area (Å²) in [5.41, 5.74) is -0.0452. The number of nitrogens with zero attached hydrogens (tertiary/aromatic N) is 1. The number of carbonyl (C=O) groups is 2. The molecular formula is C62H113NO9. The molecule has 8 unspecified atom stereocenters. The van der Waals surface area contributed by atoms with Gasteiger partial charge in [0.05, 0.1) is 52.5 Å². The molecule has 4 saturated carbocycles. The van der Waals surface area contributed by atoms with Gasteiger partial charge in [0.1, 0.15) is 0 Å². The third-order valence-electron chi connectivity index (χ3n) is 17.9. The average molecular weight is 1020 g/mol. The van der Waals surface area contributed by atoms with Crippen LogP contribution in [0.5, 0.6) is 0 Å². The first-order valence-corrected chi connectivity index (χ1v) is 31.3. The fourth-order valence-corrected chi connectivity index (χ4v) is 12.0. The van der Waals surface area contributed by atoms with Crippen LogP contribution in [0.4, 0.5) is 0 Å². The van der Waals surface area contributed by atoms with Gasteiger partial charge in [-0.3, -0.25) is 9.59 Å². The number of methoxy groups -OCH3 is 1. The third-order valence-corrected chi connectivity index (χ3v) is 17.9. The van der Waals surface area contributed by atoms with Gasteiger partial charge in [0, 0.05) is 26.6 Å². The Bertz CT molecular complexity index is 1240. The zero-order valence-corrected chi connectivity index (χ0v) is 47.5. The minimum Gasteiger partial charge on any atom is -0.466 e. The lowest BCUT2D eigenvalue weighted by atomic mass is 9.73. The van der Waals surface area contributed by atoms with E-state index in [1.165, 1.54) is 154 Å². The number of likely N-dealkylation sites (tertiary alicyclic amines) is 1. The topological polar surface area (TPSA) is 102 Å². The van der Waals surface area contributed by atoms with E-state index < -0.39 is 0 Å².